The lowest BCUT2D eigenvalue weighted by atomic mass is 10.2. The first kappa shape index (κ1) is 13.9. The van der Waals surface area contributed by atoms with Crippen LogP contribution < -0.4 is 0 Å². The summed E-state index contributed by atoms with van der Waals surface area (Å²) >= 11 is 0. The van der Waals surface area contributed by atoms with Crippen molar-refractivity contribution in [3.8, 4) is 0 Å². The fourth-order valence-corrected chi connectivity index (χ4v) is 2.56. The van der Waals surface area contributed by atoms with Crippen LogP contribution in [0.3, 0.4) is 0 Å². The van der Waals surface area contributed by atoms with Crippen LogP contribution in [-0.4, -0.2) is 27.1 Å². The zero-order valence-corrected chi connectivity index (χ0v) is 12.8. The van der Waals surface area contributed by atoms with E-state index in [-0.39, 0.29) is 17.2 Å². The van der Waals surface area contributed by atoms with Crippen molar-refractivity contribution in [2.45, 2.75) is 65.0 Å². The van der Waals surface area contributed by atoms with Gasteiger partial charge in [0, 0.05) is 0 Å². The van der Waals surface area contributed by atoms with Crippen LogP contribution in [0.2, 0.25) is 18.1 Å². The molecule has 0 fully saturated rings. The molecule has 16 heavy (non-hydrogen) atoms. The Morgan fingerprint density at radius 1 is 1.38 bits per heavy atom. The van der Waals surface area contributed by atoms with Crippen molar-refractivity contribution in [2.75, 3.05) is 6.61 Å². The van der Waals surface area contributed by atoms with E-state index in [0.29, 0.717) is 6.61 Å². The molecule has 0 saturated carbocycles. The van der Waals surface area contributed by atoms with Crippen LogP contribution in [0.4, 0.5) is 0 Å². The second kappa shape index (κ2) is 4.63. The molecular formula is C13H26O2Si. The fourth-order valence-electron chi connectivity index (χ4n) is 1.55. The molecule has 0 saturated heterocycles. The second-order valence-electron chi connectivity index (χ2n) is 6.31. The van der Waals surface area contributed by atoms with E-state index in [2.05, 4.69) is 53.8 Å². The molecule has 0 aromatic rings. The van der Waals surface area contributed by atoms with Gasteiger partial charge in [-0.1, -0.05) is 26.8 Å². The highest BCUT2D eigenvalue weighted by Gasteiger charge is 2.38. The lowest BCUT2D eigenvalue weighted by molar-refractivity contribution is 0.0326. The monoisotopic (exact) mass is 242 g/mol. The van der Waals surface area contributed by atoms with E-state index in [9.17, 15) is 0 Å². The van der Waals surface area contributed by atoms with Crippen LogP contribution in [0.5, 0.6) is 0 Å². The van der Waals surface area contributed by atoms with Gasteiger partial charge in [-0.15, -0.1) is 0 Å². The van der Waals surface area contributed by atoms with E-state index in [4.69, 9.17) is 9.16 Å². The SMILES string of the molecule is CC1=C[C@@H](C)O[C@@H]1CO[Si](C)(C)C(C)(C)C. The molecule has 0 aromatic heterocycles. The maximum atomic E-state index is 6.17. The third-order valence-electron chi connectivity index (χ3n) is 3.79. The molecule has 0 aliphatic carbocycles. The molecule has 0 aromatic carbocycles. The Hall–Kier alpha value is -0.123. The normalized spacial score (nSPS) is 27.1. The molecule has 1 heterocycles. The maximum Gasteiger partial charge on any atom is 0.192 e. The molecule has 2 nitrogen and oxygen atoms in total. The minimum absolute atomic E-state index is 0.170. The summed E-state index contributed by atoms with van der Waals surface area (Å²) in [6.07, 6.45) is 2.59. The van der Waals surface area contributed by atoms with Gasteiger partial charge in [-0.05, 0) is 37.6 Å². The maximum absolute atomic E-state index is 6.17. The van der Waals surface area contributed by atoms with Crippen LogP contribution in [-0.2, 0) is 9.16 Å². The Kier molecular flexibility index (Phi) is 4.03. The fraction of sp³-hybridized carbons (Fsp3) is 0.846. The summed E-state index contributed by atoms with van der Waals surface area (Å²) in [5, 5.41) is 0.273. The van der Waals surface area contributed by atoms with E-state index in [0.717, 1.165) is 0 Å². The molecular weight excluding hydrogens is 216 g/mol. The molecule has 1 rings (SSSR count). The molecule has 1 aliphatic rings. The second-order valence-corrected chi connectivity index (χ2v) is 11.1. The summed E-state index contributed by atoms with van der Waals surface area (Å²) in [4.78, 5) is 0. The molecule has 0 spiro atoms. The Bertz CT molecular complexity index is 276. The quantitative estimate of drug-likeness (QED) is 0.554. The van der Waals surface area contributed by atoms with Gasteiger partial charge in [0.2, 0.25) is 0 Å². The van der Waals surface area contributed by atoms with Gasteiger partial charge >= 0.3 is 0 Å². The van der Waals surface area contributed by atoms with Crippen LogP contribution in [0.15, 0.2) is 11.6 Å². The minimum Gasteiger partial charge on any atom is -0.414 e. The summed E-state index contributed by atoms with van der Waals surface area (Å²) in [6, 6.07) is 0. The highest BCUT2D eigenvalue weighted by atomic mass is 28.4. The Morgan fingerprint density at radius 3 is 2.31 bits per heavy atom. The highest BCUT2D eigenvalue weighted by molar-refractivity contribution is 6.74. The van der Waals surface area contributed by atoms with Crippen LogP contribution >= 0.6 is 0 Å². The lowest BCUT2D eigenvalue weighted by Crippen LogP contribution is -2.42. The Labute approximate surface area is 101 Å². The third-order valence-corrected chi connectivity index (χ3v) is 8.29. The van der Waals surface area contributed by atoms with Crippen molar-refractivity contribution >= 4 is 8.32 Å². The summed E-state index contributed by atoms with van der Waals surface area (Å²) in [5.74, 6) is 0. The predicted octanol–water partition coefficient (Wildman–Crippen LogP) is 3.74. The van der Waals surface area contributed by atoms with E-state index < -0.39 is 8.32 Å². The number of ether oxygens (including phenoxy) is 1. The van der Waals surface area contributed by atoms with Crippen LogP contribution in [0.25, 0.3) is 0 Å². The van der Waals surface area contributed by atoms with Gasteiger partial charge in [0.25, 0.3) is 0 Å². The molecule has 94 valence electrons. The summed E-state index contributed by atoms with van der Waals surface area (Å²) in [5.41, 5.74) is 1.31. The molecule has 2 atom stereocenters. The van der Waals surface area contributed by atoms with Gasteiger partial charge in [-0.3, -0.25) is 0 Å². The molecule has 0 unspecified atom stereocenters. The number of hydrogen-bond donors (Lipinski definition) is 0. The molecule has 0 amide bonds. The van der Waals surface area contributed by atoms with Gasteiger partial charge in [-0.25, -0.2) is 0 Å². The van der Waals surface area contributed by atoms with Crippen molar-refractivity contribution in [2.24, 2.45) is 0 Å². The van der Waals surface area contributed by atoms with Gasteiger partial charge in [-0.2, -0.15) is 0 Å². The zero-order chi connectivity index (χ0) is 12.6. The smallest absolute Gasteiger partial charge is 0.192 e. The van der Waals surface area contributed by atoms with Gasteiger partial charge < -0.3 is 9.16 Å². The first-order valence-corrected chi connectivity index (χ1v) is 9.02. The molecule has 3 heteroatoms. The first-order chi connectivity index (χ1) is 7.13. The molecule has 0 N–H and O–H groups in total. The average Bonchev–Trinajstić information content (AvgIpc) is 2.39. The van der Waals surface area contributed by atoms with Crippen molar-refractivity contribution < 1.29 is 9.16 Å². The first-order valence-electron chi connectivity index (χ1n) is 6.11. The van der Waals surface area contributed by atoms with E-state index in [1.807, 2.05) is 0 Å². The Morgan fingerprint density at radius 2 is 1.94 bits per heavy atom. The molecule has 0 radical (unpaired) electrons. The molecule has 1 aliphatic heterocycles. The average molecular weight is 242 g/mol. The van der Waals surface area contributed by atoms with E-state index in [1.54, 1.807) is 0 Å². The van der Waals surface area contributed by atoms with Gasteiger partial charge in [0.1, 0.15) is 6.10 Å². The van der Waals surface area contributed by atoms with Crippen molar-refractivity contribution in [3.05, 3.63) is 11.6 Å². The largest absolute Gasteiger partial charge is 0.414 e. The lowest BCUT2D eigenvalue weighted by Gasteiger charge is -2.37. The minimum atomic E-state index is -1.63. The van der Waals surface area contributed by atoms with Gasteiger partial charge in [0.05, 0.1) is 12.7 Å². The Balaban J connectivity index is 2.50. The van der Waals surface area contributed by atoms with Crippen molar-refractivity contribution in [1.82, 2.24) is 0 Å². The third kappa shape index (κ3) is 3.19. The van der Waals surface area contributed by atoms with Crippen molar-refractivity contribution in [1.29, 1.82) is 0 Å². The standard InChI is InChI=1S/C13H26O2Si/c1-10-8-11(2)15-12(10)9-14-16(6,7)13(3,4)5/h8,11-12H,9H2,1-7H3/t11-,12-/m1/s1. The number of rotatable bonds is 3. The number of hydrogen-bond acceptors (Lipinski definition) is 2. The zero-order valence-electron chi connectivity index (χ0n) is 11.8. The summed E-state index contributed by atoms with van der Waals surface area (Å²) in [6.45, 7) is 16.3. The highest BCUT2D eigenvalue weighted by Crippen LogP contribution is 2.37. The van der Waals surface area contributed by atoms with E-state index in [1.165, 1.54) is 5.57 Å². The van der Waals surface area contributed by atoms with E-state index >= 15 is 0 Å². The predicted molar refractivity (Wildman–Crippen MR) is 71.2 cm³/mol. The summed E-state index contributed by atoms with van der Waals surface area (Å²) < 4.78 is 12.0. The van der Waals surface area contributed by atoms with Crippen molar-refractivity contribution in [3.63, 3.8) is 0 Å². The topological polar surface area (TPSA) is 18.5 Å². The van der Waals surface area contributed by atoms with Gasteiger partial charge in [0.15, 0.2) is 8.32 Å². The summed E-state index contributed by atoms with van der Waals surface area (Å²) in [7, 11) is -1.63. The van der Waals surface area contributed by atoms with Crippen LogP contribution in [0, 0.1) is 0 Å². The van der Waals surface area contributed by atoms with Crippen LogP contribution in [0.1, 0.15) is 34.6 Å². The molecule has 0 bridgehead atoms.